The first kappa shape index (κ1) is 16.8. The van der Waals surface area contributed by atoms with E-state index in [1.807, 2.05) is 12.1 Å². The van der Waals surface area contributed by atoms with Gasteiger partial charge in [-0.3, -0.25) is 18.5 Å². The summed E-state index contributed by atoms with van der Waals surface area (Å²) in [7, 11) is -0.785. The van der Waals surface area contributed by atoms with Gasteiger partial charge in [-0.25, -0.2) is 4.98 Å². The van der Waals surface area contributed by atoms with E-state index < -0.39 is 10.8 Å². The predicted molar refractivity (Wildman–Crippen MR) is 93.9 cm³/mol. The Morgan fingerprint density at radius 1 is 1.42 bits per heavy atom. The maximum absolute atomic E-state index is 12.7. The number of rotatable bonds is 3. The standard InChI is InChI=1S/C17H20N4O2S/c1-13-10-20(8-9-24(23)12-13)11-16-19-15-5-3-2-4-14(15)17(22)21(16)7-6-18/h2-5,13H,7-12H2,1H3. The first-order valence-corrected chi connectivity index (χ1v) is 9.50. The van der Waals surface area contributed by atoms with E-state index in [-0.39, 0.29) is 12.1 Å². The molecule has 0 spiro atoms. The minimum atomic E-state index is -0.785. The van der Waals surface area contributed by atoms with Gasteiger partial charge in [0, 0.05) is 35.4 Å². The van der Waals surface area contributed by atoms with Gasteiger partial charge in [0.2, 0.25) is 0 Å². The summed E-state index contributed by atoms with van der Waals surface area (Å²) in [5, 5.41) is 9.61. The Bertz CT molecular complexity index is 871. The van der Waals surface area contributed by atoms with Crippen LogP contribution < -0.4 is 5.56 Å². The van der Waals surface area contributed by atoms with Crippen molar-refractivity contribution < 1.29 is 4.21 Å². The molecule has 0 N–H and O–H groups in total. The normalized spacial score (nSPS) is 22.2. The number of nitriles is 1. The first-order valence-electron chi connectivity index (χ1n) is 8.01. The molecule has 0 amide bonds. The molecule has 2 aromatic rings. The van der Waals surface area contributed by atoms with Gasteiger partial charge < -0.3 is 0 Å². The minimum Gasteiger partial charge on any atom is -0.295 e. The molecule has 0 saturated carbocycles. The highest BCUT2D eigenvalue weighted by atomic mass is 32.2. The van der Waals surface area contributed by atoms with Gasteiger partial charge in [0.25, 0.3) is 5.56 Å². The molecule has 0 aliphatic carbocycles. The third-order valence-electron chi connectivity index (χ3n) is 4.21. The highest BCUT2D eigenvalue weighted by Crippen LogP contribution is 2.13. The molecule has 1 aliphatic rings. The van der Waals surface area contributed by atoms with Gasteiger partial charge in [-0.05, 0) is 18.1 Å². The van der Waals surface area contributed by atoms with Crippen molar-refractivity contribution in [2.75, 3.05) is 24.6 Å². The molecular formula is C17H20N4O2S. The van der Waals surface area contributed by atoms with Crippen LogP contribution in [0.1, 0.15) is 12.7 Å². The SMILES string of the molecule is CC1CN(Cc2nc3ccccc3c(=O)n2CC#N)CCS(=O)C1. The fourth-order valence-corrected chi connectivity index (χ4v) is 4.50. The highest BCUT2D eigenvalue weighted by Gasteiger charge is 2.21. The van der Waals surface area contributed by atoms with E-state index in [1.165, 1.54) is 4.57 Å². The lowest BCUT2D eigenvalue weighted by Crippen LogP contribution is -2.33. The number of hydrogen-bond donors (Lipinski definition) is 0. The van der Waals surface area contributed by atoms with Crippen LogP contribution in [0.2, 0.25) is 0 Å². The van der Waals surface area contributed by atoms with Crippen LogP contribution in [-0.4, -0.2) is 43.3 Å². The summed E-state index contributed by atoms with van der Waals surface area (Å²) in [5.74, 6) is 2.29. The van der Waals surface area contributed by atoms with Crippen LogP contribution in [0, 0.1) is 17.2 Å². The quantitative estimate of drug-likeness (QED) is 0.834. The van der Waals surface area contributed by atoms with Crippen molar-refractivity contribution in [3.05, 3.63) is 40.4 Å². The Kier molecular flexibility index (Phi) is 5.07. The van der Waals surface area contributed by atoms with Crippen LogP contribution in [0.5, 0.6) is 0 Å². The van der Waals surface area contributed by atoms with E-state index in [4.69, 9.17) is 5.26 Å². The van der Waals surface area contributed by atoms with Gasteiger partial charge in [-0.2, -0.15) is 5.26 Å². The van der Waals surface area contributed by atoms with Gasteiger partial charge in [-0.15, -0.1) is 0 Å². The van der Waals surface area contributed by atoms with Gasteiger partial charge in [-0.1, -0.05) is 19.1 Å². The third kappa shape index (κ3) is 3.55. The number of fused-ring (bicyclic) bond motifs is 1. The molecule has 2 unspecified atom stereocenters. The van der Waals surface area contributed by atoms with Crippen molar-refractivity contribution in [2.45, 2.75) is 20.0 Å². The molecular weight excluding hydrogens is 324 g/mol. The second kappa shape index (κ2) is 7.24. The summed E-state index contributed by atoms with van der Waals surface area (Å²) in [4.78, 5) is 19.5. The Morgan fingerprint density at radius 2 is 2.21 bits per heavy atom. The minimum absolute atomic E-state index is 0.0126. The van der Waals surface area contributed by atoms with Gasteiger partial charge in [0.1, 0.15) is 12.4 Å². The second-order valence-electron chi connectivity index (χ2n) is 6.25. The average Bonchev–Trinajstić information content (AvgIpc) is 2.71. The largest absolute Gasteiger partial charge is 0.295 e. The van der Waals surface area contributed by atoms with E-state index >= 15 is 0 Å². The van der Waals surface area contributed by atoms with Crippen molar-refractivity contribution in [3.63, 3.8) is 0 Å². The van der Waals surface area contributed by atoms with Crippen LogP contribution in [0.3, 0.4) is 0 Å². The molecule has 6 nitrogen and oxygen atoms in total. The highest BCUT2D eigenvalue weighted by molar-refractivity contribution is 7.85. The number of aromatic nitrogens is 2. The van der Waals surface area contributed by atoms with Crippen molar-refractivity contribution in [3.8, 4) is 6.07 Å². The Hall–Kier alpha value is -2.04. The van der Waals surface area contributed by atoms with Crippen molar-refractivity contribution in [1.82, 2.24) is 14.5 Å². The molecule has 126 valence electrons. The summed E-state index contributed by atoms with van der Waals surface area (Å²) in [5.41, 5.74) is 0.474. The first-order chi connectivity index (χ1) is 11.6. The Balaban J connectivity index is 1.98. The van der Waals surface area contributed by atoms with Gasteiger partial charge in [0.15, 0.2) is 0 Å². The van der Waals surface area contributed by atoms with Crippen molar-refractivity contribution in [1.29, 1.82) is 5.26 Å². The monoisotopic (exact) mass is 344 g/mol. The zero-order chi connectivity index (χ0) is 17.1. The summed E-state index contributed by atoms with van der Waals surface area (Å²) < 4.78 is 13.3. The molecule has 1 fully saturated rings. The topological polar surface area (TPSA) is 79.0 Å². The van der Waals surface area contributed by atoms with Crippen LogP contribution in [0.4, 0.5) is 0 Å². The molecule has 7 heteroatoms. The van der Waals surface area contributed by atoms with Crippen LogP contribution in [0.25, 0.3) is 10.9 Å². The zero-order valence-corrected chi connectivity index (χ0v) is 14.5. The fraction of sp³-hybridized carbons (Fsp3) is 0.471. The molecule has 2 atom stereocenters. The maximum Gasteiger partial charge on any atom is 0.262 e. The van der Waals surface area contributed by atoms with Crippen molar-refractivity contribution >= 4 is 21.7 Å². The van der Waals surface area contributed by atoms with E-state index in [1.54, 1.807) is 12.1 Å². The molecule has 0 radical (unpaired) electrons. The number of benzene rings is 1. The van der Waals surface area contributed by atoms with Crippen molar-refractivity contribution in [2.24, 2.45) is 5.92 Å². The lowest BCUT2D eigenvalue weighted by molar-refractivity contribution is 0.247. The molecule has 1 aromatic carbocycles. The van der Waals surface area contributed by atoms with Crippen LogP contribution >= 0.6 is 0 Å². The molecule has 0 bridgehead atoms. The Labute approximate surface area is 143 Å². The Morgan fingerprint density at radius 3 is 3.00 bits per heavy atom. The van der Waals surface area contributed by atoms with Gasteiger partial charge in [0.05, 0.1) is 23.5 Å². The van der Waals surface area contributed by atoms with Crippen LogP contribution in [-0.2, 0) is 23.9 Å². The summed E-state index contributed by atoms with van der Waals surface area (Å²) in [6.45, 7) is 4.10. The van der Waals surface area contributed by atoms with E-state index in [9.17, 15) is 9.00 Å². The summed E-state index contributed by atoms with van der Waals surface area (Å²) in [6.07, 6.45) is 0. The zero-order valence-electron chi connectivity index (χ0n) is 13.6. The van der Waals surface area contributed by atoms with Crippen LogP contribution in [0.15, 0.2) is 29.1 Å². The van der Waals surface area contributed by atoms with E-state index in [2.05, 4.69) is 22.9 Å². The lowest BCUT2D eigenvalue weighted by Gasteiger charge is -2.22. The smallest absolute Gasteiger partial charge is 0.262 e. The third-order valence-corrected chi connectivity index (χ3v) is 5.79. The molecule has 1 aromatic heterocycles. The maximum atomic E-state index is 12.7. The van der Waals surface area contributed by atoms with E-state index in [0.717, 1.165) is 6.54 Å². The average molecular weight is 344 g/mol. The number of hydrogen-bond acceptors (Lipinski definition) is 5. The molecule has 2 heterocycles. The van der Waals surface area contributed by atoms with E-state index in [0.29, 0.717) is 47.2 Å². The van der Waals surface area contributed by atoms with Gasteiger partial charge >= 0.3 is 0 Å². The molecule has 1 aliphatic heterocycles. The lowest BCUT2D eigenvalue weighted by atomic mass is 10.2. The molecule has 1 saturated heterocycles. The number of para-hydroxylation sites is 1. The number of nitrogens with zero attached hydrogens (tertiary/aromatic N) is 4. The summed E-state index contributed by atoms with van der Waals surface area (Å²) in [6, 6.07) is 9.25. The summed E-state index contributed by atoms with van der Waals surface area (Å²) >= 11 is 0. The predicted octanol–water partition coefficient (Wildman–Crippen LogP) is 1.12. The fourth-order valence-electron chi connectivity index (χ4n) is 3.13. The molecule has 3 rings (SSSR count). The molecule has 24 heavy (non-hydrogen) atoms. The second-order valence-corrected chi connectivity index (χ2v) is 7.87.